The SMILES string of the molecule is Cc1ncc(-c2ccc3[nH]nc(-c4cc5c(-c6ccsc6)cncc5[nH]4)c3n2)n1C. The Morgan fingerprint density at radius 1 is 1.07 bits per heavy atom. The summed E-state index contributed by atoms with van der Waals surface area (Å²) in [5.41, 5.74) is 8.50. The zero-order valence-electron chi connectivity index (χ0n) is 16.3. The second kappa shape index (κ2) is 6.36. The quantitative estimate of drug-likeness (QED) is 0.432. The van der Waals surface area contributed by atoms with Crippen molar-refractivity contribution in [2.24, 2.45) is 7.05 Å². The lowest BCUT2D eigenvalue weighted by Crippen LogP contribution is -1.96. The Kier molecular flexibility index (Phi) is 3.63. The zero-order chi connectivity index (χ0) is 20.2. The van der Waals surface area contributed by atoms with Crippen LogP contribution in [0.1, 0.15) is 5.82 Å². The number of imidazole rings is 1. The molecule has 7 nitrogen and oxygen atoms in total. The number of thiophene rings is 1. The number of nitrogens with zero attached hydrogens (tertiary/aromatic N) is 5. The van der Waals surface area contributed by atoms with E-state index < -0.39 is 0 Å². The number of aryl methyl sites for hydroxylation is 1. The van der Waals surface area contributed by atoms with E-state index in [9.17, 15) is 0 Å². The zero-order valence-corrected chi connectivity index (χ0v) is 17.2. The van der Waals surface area contributed by atoms with Crippen molar-refractivity contribution in [2.45, 2.75) is 6.92 Å². The van der Waals surface area contributed by atoms with Crippen molar-refractivity contribution >= 4 is 33.3 Å². The summed E-state index contributed by atoms with van der Waals surface area (Å²) in [6.07, 6.45) is 5.61. The van der Waals surface area contributed by atoms with Crippen LogP contribution in [0.25, 0.3) is 55.8 Å². The molecule has 0 spiro atoms. The molecule has 2 N–H and O–H groups in total. The Morgan fingerprint density at radius 2 is 2.00 bits per heavy atom. The Bertz CT molecular complexity index is 1520. The molecule has 0 atom stereocenters. The Morgan fingerprint density at radius 3 is 2.80 bits per heavy atom. The third-order valence-electron chi connectivity index (χ3n) is 5.52. The minimum absolute atomic E-state index is 0.790. The topological polar surface area (TPSA) is 88.1 Å². The van der Waals surface area contributed by atoms with Gasteiger partial charge < -0.3 is 9.55 Å². The largest absolute Gasteiger partial charge is 0.352 e. The highest BCUT2D eigenvalue weighted by Crippen LogP contribution is 2.34. The highest BCUT2D eigenvalue weighted by Gasteiger charge is 2.16. The highest BCUT2D eigenvalue weighted by molar-refractivity contribution is 7.08. The average Bonchev–Trinajstić information content (AvgIpc) is 3.54. The van der Waals surface area contributed by atoms with Crippen LogP contribution in [-0.2, 0) is 7.05 Å². The van der Waals surface area contributed by atoms with E-state index in [1.54, 1.807) is 11.3 Å². The standard InChI is InChI=1S/C22H17N7S/c1-12-24-10-20(29(12)2)16-3-4-17-21(26-16)22(28-27-17)18-7-14-15(13-5-6-30-11-13)8-23-9-19(14)25-18/h3-11,25H,1-2H3,(H,27,28). The summed E-state index contributed by atoms with van der Waals surface area (Å²) in [4.78, 5) is 17.2. The van der Waals surface area contributed by atoms with Gasteiger partial charge in [-0.25, -0.2) is 9.97 Å². The van der Waals surface area contributed by atoms with E-state index >= 15 is 0 Å². The van der Waals surface area contributed by atoms with Crippen LogP contribution in [0.5, 0.6) is 0 Å². The molecule has 6 aromatic heterocycles. The molecule has 0 saturated carbocycles. The molecule has 6 rings (SSSR count). The van der Waals surface area contributed by atoms with Crippen LogP contribution in [-0.4, -0.2) is 34.7 Å². The summed E-state index contributed by atoms with van der Waals surface area (Å²) in [5, 5.41) is 13.0. The minimum atomic E-state index is 0.790. The fourth-order valence-electron chi connectivity index (χ4n) is 3.80. The number of H-pyrrole nitrogens is 2. The number of nitrogens with one attached hydrogen (secondary N) is 2. The first-order valence-corrected chi connectivity index (χ1v) is 10.5. The van der Waals surface area contributed by atoms with Gasteiger partial charge in [0.05, 0.1) is 40.5 Å². The van der Waals surface area contributed by atoms with Crippen LogP contribution in [0, 0.1) is 6.92 Å². The fraction of sp³-hybridized carbons (Fsp3) is 0.0909. The second-order valence-electron chi connectivity index (χ2n) is 7.26. The summed E-state index contributed by atoms with van der Waals surface area (Å²) in [6.45, 7) is 1.98. The van der Waals surface area contributed by atoms with Crippen LogP contribution >= 0.6 is 11.3 Å². The smallest absolute Gasteiger partial charge is 0.135 e. The molecule has 0 aliphatic carbocycles. The monoisotopic (exact) mass is 411 g/mol. The van der Waals surface area contributed by atoms with Crippen LogP contribution in [0.15, 0.2) is 53.6 Å². The predicted octanol–water partition coefficient (Wildman–Crippen LogP) is 4.94. The lowest BCUT2D eigenvalue weighted by molar-refractivity contribution is 0.862. The lowest BCUT2D eigenvalue weighted by Gasteiger charge is -2.03. The Hall–Kier alpha value is -3.78. The van der Waals surface area contributed by atoms with Gasteiger partial charge in [0.25, 0.3) is 0 Å². The van der Waals surface area contributed by atoms with Gasteiger partial charge in [0, 0.05) is 24.2 Å². The van der Waals surface area contributed by atoms with Gasteiger partial charge in [0.15, 0.2) is 0 Å². The summed E-state index contributed by atoms with van der Waals surface area (Å²) < 4.78 is 2.04. The number of hydrogen-bond acceptors (Lipinski definition) is 5. The average molecular weight is 411 g/mol. The predicted molar refractivity (Wildman–Crippen MR) is 119 cm³/mol. The first kappa shape index (κ1) is 17.1. The van der Waals surface area contributed by atoms with E-state index in [0.29, 0.717) is 0 Å². The molecule has 0 aromatic carbocycles. The maximum Gasteiger partial charge on any atom is 0.135 e. The number of fused-ring (bicyclic) bond motifs is 2. The fourth-order valence-corrected chi connectivity index (χ4v) is 4.45. The number of aromatic nitrogens is 7. The normalized spacial score (nSPS) is 11.7. The summed E-state index contributed by atoms with van der Waals surface area (Å²) in [6, 6.07) is 8.24. The van der Waals surface area contributed by atoms with Gasteiger partial charge in [-0.15, -0.1) is 0 Å². The minimum Gasteiger partial charge on any atom is -0.352 e. The van der Waals surface area contributed by atoms with Gasteiger partial charge in [0.1, 0.15) is 17.0 Å². The van der Waals surface area contributed by atoms with Crippen LogP contribution < -0.4 is 0 Å². The first-order chi connectivity index (χ1) is 14.7. The second-order valence-corrected chi connectivity index (χ2v) is 8.04. The number of pyridine rings is 2. The molecule has 0 radical (unpaired) electrons. The third kappa shape index (κ3) is 2.50. The summed E-state index contributed by atoms with van der Waals surface area (Å²) >= 11 is 1.68. The van der Waals surface area contributed by atoms with E-state index in [1.807, 2.05) is 49.3 Å². The molecular weight excluding hydrogens is 394 g/mol. The van der Waals surface area contributed by atoms with Crippen molar-refractivity contribution in [3.63, 3.8) is 0 Å². The Balaban J connectivity index is 1.53. The van der Waals surface area contributed by atoms with Gasteiger partial charge in [-0.2, -0.15) is 16.4 Å². The third-order valence-corrected chi connectivity index (χ3v) is 6.21. The maximum atomic E-state index is 4.91. The van der Waals surface area contributed by atoms with Crippen molar-refractivity contribution in [1.29, 1.82) is 0 Å². The van der Waals surface area contributed by atoms with Gasteiger partial charge >= 0.3 is 0 Å². The van der Waals surface area contributed by atoms with E-state index in [4.69, 9.17) is 4.98 Å². The molecule has 0 unspecified atom stereocenters. The van der Waals surface area contributed by atoms with Crippen molar-refractivity contribution < 1.29 is 0 Å². The maximum absolute atomic E-state index is 4.91. The van der Waals surface area contributed by atoms with Crippen molar-refractivity contribution in [3.05, 3.63) is 59.4 Å². The van der Waals surface area contributed by atoms with Crippen LogP contribution in [0.2, 0.25) is 0 Å². The van der Waals surface area contributed by atoms with Crippen molar-refractivity contribution in [3.8, 4) is 33.9 Å². The summed E-state index contributed by atoms with van der Waals surface area (Å²) in [5.74, 6) is 0.948. The van der Waals surface area contributed by atoms with Gasteiger partial charge in [-0.1, -0.05) is 0 Å². The molecule has 0 amide bonds. The molecule has 0 fully saturated rings. The molecule has 8 heteroatoms. The summed E-state index contributed by atoms with van der Waals surface area (Å²) in [7, 11) is 2.00. The van der Waals surface area contributed by atoms with Crippen molar-refractivity contribution in [1.82, 2.24) is 34.7 Å². The van der Waals surface area contributed by atoms with Gasteiger partial charge in [-0.3, -0.25) is 10.1 Å². The molecule has 6 aromatic rings. The highest BCUT2D eigenvalue weighted by atomic mass is 32.1. The number of rotatable bonds is 3. The number of hydrogen-bond donors (Lipinski definition) is 2. The Labute approximate surface area is 175 Å². The lowest BCUT2D eigenvalue weighted by atomic mass is 10.1. The molecule has 6 heterocycles. The molecule has 0 bridgehead atoms. The van der Waals surface area contributed by atoms with Gasteiger partial charge in [0.2, 0.25) is 0 Å². The molecule has 146 valence electrons. The van der Waals surface area contributed by atoms with E-state index in [-0.39, 0.29) is 0 Å². The molecule has 0 aliphatic rings. The molecule has 30 heavy (non-hydrogen) atoms. The van der Waals surface area contributed by atoms with Gasteiger partial charge in [-0.05, 0) is 47.5 Å². The number of aromatic amines is 2. The van der Waals surface area contributed by atoms with Crippen molar-refractivity contribution in [2.75, 3.05) is 0 Å². The molecule has 0 saturated heterocycles. The van der Waals surface area contributed by atoms with E-state index in [1.165, 1.54) is 5.56 Å². The van der Waals surface area contributed by atoms with Crippen LogP contribution in [0.4, 0.5) is 0 Å². The van der Waals surface area contributed by atoms with Crippen LogP contribution in [0.3, 0.4) is 0 Å². The first-order valence-electron chi connectivity index (χ1n) is 9.52. The molecule has 0 aliphatic heterocycles. The van der Waals surface area contributed by atoms with E-state index in [0.717, 1.165) is 56.1 Å². The van der Waals surface area contributed by atoms with E-state index in [2.05, 4.69) is 48.0 Å². The molecular formula is C22H17N7S.